The Kier molecular flexibility index (Phi) is 6.86. The maximum atomic E-state index is 13.2. The third-order valence-electron chi connectivity index (χ3n) is 3.55. The van der Waals surface area contributed by atoms with Crippen molar-refractivity contribution in [1.82, 2.24) is 5.32 Å². The van der Waals surface area contributed by atoms with E-state index >= 15 is 0 Å². The van der Waals surface area contributed by atoms with Crippen molar-refractivity contribution in [1.29, 1.82) is 0 Å². The van der Waals surface area contributed by atoms with Gasteiger partial charge in [0.15, 0.2) is 11.6 Å². The van der Waals surface area contributed by atoms with E-state index in [4.69, 9.17) is 4.74 Å². The lowest BCUT2D eigenvalue weighted by atomic mass is 10.1. The summed E-state index contributed by atoms with van der Waals surface area (Å²) in [4.78, 5) is 24.1. The molecule has 0 fully saturated rings. The number of hydrogen-bond acceptors (Lipinski definition) is 3. The van der Waals surface area contributed by atoms with Gasteiger partial charge in [-0.3, -0.25) is 4.79 Å². The van der Waals surface area contributed by atoms with Crippen molar-refractivity contribution in [3.8, 4) is 0 Å². The minimum Gasteiger partial charge on any atom is -0.467 e. The van der Waals surface area contributed by atoms with Crippen molar-refractivity contribution in [2.24, 2.45) is 0 Å². The number of nitrogens with one attached hydrogen (secondary N) is 1. The topological polar surface area (TPSA) is 55.4 Å². The number of carbonyl (C=O) groups is 2. The number of ether oxygens (including phenoxy) is 1. The number of methoxy groups -OCH3 is 1. The van der Waals surface area contributed by atoms with E-state index in [0.717, 1.165) is 21.3 Å². The first-order valence-electron chi connectivity index (χ1n) is 7.45. The SMILES string of the molecule is COC(=O)[C@H](Cc1ccccc1I)NC(=O)Cc1ccc(F)c(F)c1. The second-order valence-electron chi connectivity index (χ2n) is 5.36. The first-order valence-corrected chi connectivity index (χ1v) is 8.53. The van der Waals surface area contributed by atoms with Crippen molar-refractivity contribution in [3.05, 3.63) is 68.8 Å². The van der Waals surface area contributed by atoms with Gasteiger partial charge < -0.3 is 10.1 Å². The van der Waals surface area contributed by atoms with E-state index in [0.29, 0.717) is 5.56 Å². The molecule has 132 valence electrons. The monoisotopic (exact) mass is 459 g/mol. The summed E-state index contributed by atoms with van der Waals surface area (Å²) >= 11 is 2.15. The van der Waals surface area contributed by atoms with Crippen molar-refractivity contribution in [2.45, 2.75) is 18.9 Å². The number of hydrogen-bond donors (Lipinski definition) is 1. The van der Waals surface area contributed by atoms with Crippen molar-refractivity contribution < 1.29 is 23.1 Å². The molecule has 0 unspecified atom stereocenters. The zero-order valence-corrected chi connectivity index (χ0v) is 15.5. The van der Waals surface area contributed by atoms with Crippen LogP contribution in [0, 0.1) is 15.2 Å². The Hall–Kier alpha value is -2.03. The average molecular weight is 459 g/mol. The first kappa shape index (κ1) is 19.3. The lowest BCUT2D eigenvalue weighted by molar-refractivity contribution is -0.145. The highest BCUT2D eigenvalue weighted by atomic mass is 127. The molecule has 0 spiro atoms. The molecule has 0 bridgehead atoms. The molecule has 1 atom stereocenters. The molecule has 25 heavy (non-hydrogen) atoms. The van der Waals surface area contributed by atoms with Gasteiger partial charge in [0.05, 0.1) is 13.5 Å². The molecule has 0 radical (unpaired) electrons. The van der Waals surface area contributed by atoms with Gasteiger partial charge in [0.2, 0.25) is 5.91 Å². The van der Waals surface area contributed by atoms with Gasteiger partial charge in [0, 0.05) is 9.99 Å². The normalized spacial score (nSPS) is 11.7. The van der Waals surface area contributed by atoms with E-state index in [-0.39, 0.29) is 12.8 Å². The summed E-state index contributed by atoms with van der Waals surface area (Å²) in [6, 6.07) is 9.86. The quantitative estimate of drug-likeness (QED) is 0.534. The molecular formula is C18H16F2INO3. The Morgan fingerprint density at radius 1 is 1.16 bits per heavy atom. The van der Waals surface area contributed by atoms with Crippen molar-refractivity contribution in [3.63, 3.8) is 0 Å². The van der Waals surface area contributed by atoms with Crippen LogP contribution in [-0.4, -0.2) is 25.0 Å². The number of carbonyl (C=O) groups excluding carboxylic acids is 2. The molecule has 2 aromatic rings. The lowest BCUT2D eigenvalue weighted by Gasteiger charge is -2.17. The molecule has 0 aromatic heterocycles. The maximum absolute atomic E-state index is 13.2. The van der Waals surface area contributed by atoms with Gasteiger partial charge in [-0.15, -0.1) is 0 Å². The van der Waals surface area contributed by atoms with Crippen LogP contribution in [-0.2, 0) is 27.2 Å². The highest BCUT2D eigenvalue weighted by Crippen LogP contribution is 2.14. The standard InChI is InChI=1S/C18H16F2INO3/c1-25-18(24)16(10-12-4-2-3-5-15(12)21)22-17(23)9-11-6-7-13(19)14(20)8-11/h2-8,16H,9-10H2,1H3,(H,22,23)/t16-/m0/s1. The Morgan fingerprint density at radius 3 is 2.52 bits per heavy atom. The summed E-state index contributed by atoms with van der Waals surface area (Å²) in [6.07, 6.45) is 0.103. The smallest absolute Gasteiger partial charge is 0.328 e. The first-order chi connectivity index (χ1) is 11.9. The Morgan fingerprint density at radius 2 is 1.88 bits per heavy atom. The van der Waals surface area contributed by atoms with Crippen LogP contribution in [0.1, 0.15) is 11.1 Å². The van der Waals surface area contributed by atoms with Gasteiger partial charge in [-0.2, -0.15) is 0 Å². The maximum Gasteiger partial charge on any atom is 0.328 e. The van der Waals surface area contributed by atoms with E-state index in [1.54, 1.807) is 0 Å². The fourth-order valence-electron chi connectivity index (χ4n) is 2.30. The molecular weight excluding hydrogens is 443 g/mol. The van der Waals surface area contributed by atoms with Crippen LogP contribution in [0.5, 0.6) is 0 Å². The predicted octanol–water partition coefficient (Wildman–Crippen LogP) is 3.01. The predicted molar refractivity (Wildman–Crippen MR) is 96.9 cm³/mol. The molecule has 2 rings (SSSR count). The van der Waals surface area contributed by atoms with E-state index in [9.17, 15) is 18.4 Å². The molecule has 0 saturated heterocycles. The molecule has 7 heteroatoms. The summed E-state index contributed by atoms with van der Waals surface area (Å²) in [5.41, 5.74) is 1.21. The van der Waals surface area contributed by atoms with Gasteiger partial charge in [0.1, 0.15) is 6.04 Å². The summed E-state index contributed by atoms with van der Waals surface area (Å²) in [5, 5.41) is 2.59. The van der Waals surface area contributed by atoms with E-state index in [2.05, 4.69) is 27.9 Å². The number of amides is 1. The van der Waals surface area contributed by atoms with Gasteiger partial charge in [-0.25, -0.2) is 13.6 Å². The molecule has 1 N–H and O–H groups in total. The number of benzene rings is 2. The van der Waals surface area contributed by atoms with Crippen LogP contribution < -0.4 is 5.32 Å². The Balaban J connectivity index is 2.08. The molecule has 1 amide bonds. The molecule has 0 heterocycles. The third-order valence-corrected chi connectivity index (χ3v) is 4.60. The van der Waals surface area contributed by atoms with Crippen LogP contribution in [0.3, 0.4) is 0 Å². The average Bonchev–Trinajstić information content (AvgIpc) is 2.58. The molecule has 0 aliphatic heterocycles. The number of esters is 1. The number of halogens is 3. The fourth-order valence-corrected chi connectivity index (χ4v) is 2.91. The summed E-state index contributed by atoms with van der Waals surface area (Å²) in [5.74, 6) is -3.05. The van der Waals surface area contributed by atoms with Crippen LogP contribution in [0.2, 0.25) is 0 Å². The van der Waals surface area contributed by atoms with Crippen molar-refractivity contribution >= 4 is 34.5 Å². The van der Waals surface area contributed by atoms with Crippen molar-refractivity contribution in [2.75, 3.05) is 7.11 Å². The fraction of sp³-hybridized carbons (Fsp3) is 0.222. The summed E-state index contributed by atoms with van der Waals surface area (Å²) in [7, 11) is 1.24. The largest absolute Gasteiger partial charge is 0.467 e. The molecule has 0 saturated carbocycles. The summed E-state index contributed by atoms with van der Waals surface area (Å²) < 4.78 is 31.9. The van der Waals surface area contributed by atoms with E-state index in [1.807, 2.05) is 24.3 Å². The molecule has 4 nitrogen and oxygen atoms in total. The zero-order chi connectivity index (χ0) is 18.4. The zero-order valence-electron chi connectivity index (χ0n) is 13.4. The lowest BCUT2D eigenvalue weighted by Crippen LogP contribution is -2.43. The third kappa shape index (κ3) is 5.48. The minimum absolute atomic E-state index is 0.170. The van der Waals surface area contributed by atoms with Gasteiger partial charge >= 0.3 is 5.97 Å². The Labute approximate surface area is 157 Å². The molecule has 2 aromatic carbocycles. The summed E-state index contributed by atoms with van der Waals surface area (Å²) in [6.45, 7) is 0. The van der Waals surface area contributed by atoms with Crippen LogP contribution in [0.25, 0.3) is 0 Å². The highest BCUT2D eigenvalue weighted by Gasteiger charge is 2.23. The Bertz CT molecular complexity index is 783. The van der Waals surface area contributed by atoms with E-state index in [1.165, 1.54) is 13.2 Å². The van der Waals surface area contributed by atoms with Crippen LogP contribution in [0.15, 0.2) is 42.5 Å². The highest BCUT2D eigenvalue weighted by molar-refractivity contribution is 14.1. The van der Waals surface area contributed by atoms with E-state index < -0.39 is 29.6 Å². The van der Waals surface area contributed by atoms with Gasteiger partial charge in [0.25, 0.3) is 0 Å². The minimum atomic E-state index is -1.02. The second-order valence-corrected chi connectivity index (χ2v) is 6.53. The number of rotatable bonds is 6. The van der Waals surface area contributed by atoms with Crippen LogP contribution in [0.4, 0.5) is 8.78 Å². The van der Waals surface area contributed by atoms with Gasteiger partial charge in [-0.1, -0.05) is 24.3 Å². The van der Waals surface area contributed by atoms with Gasteiger partial charge in [-0.05, 0) is 51.9 Å². The van der Waals surface area contributed by atoms with Crippen LogP contribution >= 0.6 is 22.6 Å². The second kappa shape index (κ2) is 8.89. The molecule has 0 aliphatic rings. The molecule has 0 aliphatic carbocycles.